The fraction of sp³-hybridized carbons (Fsp3) is 0.417. The first kappa shape index (κ1) is 17.4. The van der Waals surface area contributed by atoms with Crippen molar-refractivity contribution in [1.29, 1.82) is 0 Å². The maximum atomic E-state index is 12.1. The fourth-order valence-electron chi connectivity index (χ4n) is 1.64. The first-order chi connectivity index (χ1) is 9.22. The lowest BCUT2D eigenvalue weighted by Gasteiger charge is -2.14. The van der Waals surface area contributed by atoms with Gasteiger partial charge in [-0.3, -0.25) is 4.79 Å². The molecule has 112 valence electrons. The SMILES string of the molecule is CC(CCCC(=O)O)NS(=O)(=O)c1ccc(Br)cc1Cl. The molecule has 0 bridgehead atoms. The van der Waals surface area contributed by atoms with Crippen molar-refractivity contribution in [3.8, 4) is 0 Å². The van der Waals surface area contributed by atoms with Crippen molar-refractivity contribution in [3.63, 3.8) is 0 Å². The minimum Gasteiger partial charge on any atom is -0.481 e. The molecule has 1 aromatic carbocycles. The van der Waals surface area contributed by atoms with Crippen LogP contribution in [0.3, 0.4) is 0 Å². The minimum atomic E-state index is -3.71. The van der Waals surface area contributed by atoms with Crippen LogP contribution in [0.15, 0.2) is 27.6 Å². The Kier molecular flexibility index (Phi) is 6.44. The van der Waals surface area contributed by atoms with Crippen LogP contribution in [0.5, 0.6) is 0 Å². The number of carboxylic acid groups (broad SMARTS) is 1. The highest BCUT2D eigenvalue weighted by Gasteiger charge is 2.20. The summed E-state index contributed by atoms with van der Waals surface area (Å²) in [4.78, 5) is 10.4. The average Bonchev–Trinajstić information content (AvgIpc) is 2.26. The summed E-state index contributed by atoms with van der Waals surface area (Å²) in [5.41, 5.74) is 0. The van der Waals surface area contributed by atoms with Crippen molar-refractivity contribution < 1.29 is 18.3 Å². The van der Waals surface area contributed by atoms with E-state index in [1.165, 1.54) is 12.1 Å². The zero-order valence-electron chi connectivity index (χ0n) is 10.8. The largest absolute Gasteiger partial charge is 0.481 e. The summed E-state index contributed by atoms with van der Waals surface area (Å²) in [6.45, 7) is 1.69. The molecule has 8 heteroatoms. The van der Waals surface area contributed by atoms with Gasteiger partial charge in [0.2, 0.25) is 10.0 Å². The summed E-state index contributed by atoms with van der Waals surface area (Å²) in [6.07, 6.45) is 0.873. The first-order valence-corrected chi connectivity index (χ1v) is 8.57. The number of hydrogen-bond acceptors (Lipinski definition) is 3. The van der Waals surface area contributed by atoms with Gasteiger partial charge in [-0.05, 0) is 38.0 Å². The van der Waals surface area contributed by atoms with E-state index >= 15 is 0 Å². The molecule has 0 aliphatic heterocycles. The van der Waals surface area contributed by atoms with Gasteiger partial charge in [-0.15, -0.1) is 0 Å². The number of aliphatic carboxylic acids is 1. The van der Waals surface area contributed by atoms with Crippen molar-refractivity contribution >= 4 is 43.5 Å². The van der Waals surface area contributed by atoms with Gasteiger partial charge < -0.3 is 5.11 Å². The highest BCUT2D eigenvalue weighted by Crippen LogP contribution is 2.25. The lowest BCUT2D eigenvalue weighted by Crippen LogP contribution is -2.32. The topological polar surface area (TPSA) is 83.5 Å². The predicted molar refractivity (Wildman–Crippen MR) is 80.4 cm³/mol. The molecule has 0 saturated carbocycles. The molecule has 1 rings (SSSR count). The Labute approximate surface area is 131 Å². The molecule has 0 spiro atoms. The van der Waals surface area contributed by atoms with Crippen LogP contribution >= 0.6 is 27.5 Å². The van der Waals surface area contributed by atoms with Crippen LogP contribution in [0.1, 0.15) is 26.2 Å². The first-order valence-electron chi connectivity index (χ1n) is 5.91. The second kappa shape index (κ2) is 7.40. The minimum absolute atomic E-state index is 0.00690. The maximum absolute atomic E-state index is 12.1. The van der Waals surface area contributed by atoms with Crippen molar-refractivity contribution in [1.82, 2.24) is 4.72 Å². The Bertz CT molecular complexity index is 591. The summed E-state index contributed by atoms with van der Waals surface area (Å²) in [5, 5.41) is 8.67. The summed E-state index contributed by atoms with van der Waals surface area (Å²) < 4.78 is 27.5. The van der Waals surface area contributed by atoms with E-state index in [0.717, 1.165) is 0 Å². The number of halogens is 2. The second-order valence-electron chi connectivity index (χ2n) is 4.38. The molecule has 0 aromatic heterocycles. The van der Waals surface area contributed by atoms with Crippen molar-refractivity contribution in [2.45, 2.75) is 37.1 Å². The molecule has 5 nitrogen and oxygen atoms in total. The third kappa shape index (κ3) is 5.40. The Morgan fingerprint density at radius 1 is 1.50 bits per heavy atom. The van der Waals surface area contributed by atoms with E-state index < -0.39 is 16.0 Å². The number of hydrogen-bond donors (Lipinski definition) is 2. The smallest absolute Gasteiger partial charge is 0.303 e. The van der Waals surface area contributed by atoms with Crippen LogP contribution in [0.2, 0.25) is 5.02 Å². The van der Waals surface area contributed by atoms with Gasteiger partial charge >= 0.3 is 5.97 Å². The maximum Gasteiger partial charge on any atom is 0.303 e. The third-order valence-corrected chi connectivity index (χ3v) is 5.13. The van der Waals surface area contributed by atoms with E-state index in [-0.39, 0.29) is 22.4 Å². The number of carbonyl (C=O) groups is 1. The molecule has 0 aliphatic carbocycles. The van der Waals surface area contributed by atoms with Gasteiger partial charge in [0.25, 0.3) is 0 Å². The highest BCUT2D eigenvalue weighted by molar-refractivity contribution is 9.10. The fourth-order valence-corrected chi connectivity index (χ4v) is 3.96. The summed E-state index contributed by atoms with van der Waals surface area (Å²) in [6, 6.07) is 4.15. The van der Waals surface area contributed by atoms with Crippen molar-refractivity contribution in [3.05, 3.63) is 27.7 Å². The molecule has 1 atom stereocenters. The Morgan fingerprint density at radius 2 is 2.15 bits per heavy atom. The van der Waals surface area contributed by atoms with Gasteiger partial charge in [0.05, 0.1) is 5.02 Å². The Balaban J connectivity index is 2.72. The molecule has 1 unspecified atom stereocenters. The van der Waals surface area contributed by atoms with Crippen molar-refractivity contribution in [2.24, 2.45) is 0 Å². The standard InChI is InChI=1S/C12H15BrClNO4S/c1-8(3-2-4-12(16)17)15-20(18,19)11-6-5-9(13)7-10(11)14/h5-8,15H,2-4H2,1H3,(H,16,17). The van der Waals surface area contributed by atoms with Crippen LogP contribution in [0, 0.1) is 0 Å². The molecule has 0 heterocycles. The van der Waals surface area contributed by atoms with Gasteiger partial charge in [0, 0.05) is 16.9 Å². The van der Waals surface area contributed by atoms with E-state index in [9.17, 15) is 13.2 Å². The van der Waals surface area contributed by atoms with Crippen LogP contribution in [0.25, 0.3) is 0 Å². The molecule has 0 radical (unpaired) electrons. The van der Waals surface area contributed by atoms with Gasteiger partial charge in [0.1, 0.15) is 4.90 Å². The number of benzene rings is 1. The van der Waals surface area contributed by atoms with Gasteiger partial charge in [-0.25, -0.2) is 13.1 Å². The Hall–Kier alpha value is -0.630. The molecule has 2 N–H and O–H groups in total. The number of sulfonamides is 1. The molecule has 1 aromatic rings. The molecule has 0 aliphatic rings. The third-order valence-electron chi connectivity index (χ3n) is 2.57. The normalized spacial score (nSPS) is 13.2. The second-order valence-corrected chi connectivity index (χ2v) is 7.39. The van der Waals surface area contributed by atoms with Crippen molar-refractivity contribution in [2.75, 3.05) is 0 Å². The van der Waals surface area contributed by atoms with E-state index in [1.54, 1.807) is 13.0 Å². The van der Waals surface area contributed by atoms with Crippen LogP contribution in [-0.2, 0) is 14.8 Å². The van der Waals surface area contributed by atoms with Crippen LogP contribution in [-0.4, -0.2) is 25.5 Å². The number of rotatable bonds is 7. The lowest BCUT2D eigenvalue weighted by atomic mass is 10.1. The molecular formula is C12H15BrClNO4S. The van der Waals surface area contributed by atoms with Gasteiger partial charge in [-0.1, -0.05) is 27.5 Å². The summed E-state index contributed by atoms with van der Waals surface area (Å²) in [7, 11) is -3.71. The number of nitrogens with one attached hydrogen (secondary N) is 1. The van der Waals surface area contributed by atoms with Crippen LogP contribution < -0.4 is 4.72 Å². The monoisotopic (exact) mass is 383 g/mol. The van der Waals surface area contributed by atoms with E-state index in [1.807, 2.05) is 0 Å². The van der Waals surface area contributed by atoms with Gasteiger partial charge in [0.15, 0.2) is 0 Å². The molecule has 0 amide bonds. The summed E-state index contributed by atoms with van der Waals surface area (Å²) >= 11 is 9.12. The van der Waals surface area contributed by atoms with E-state index in [0.29, 0.717) is 17.3 Å². The number of carboxylic acids is 1. The average molecular weight is 385 g/mol. The molecule has 20 heavy (non-hydrogen) atoms. The Morgan fingerprint density at radius 3 is 2.70 bits per heavy atom. The zero-order valence-corrected chi connectivity index (χ0v) is 13.9. The molecule has 0 saturated heterocycles. The highest BCUT2D eigenvalue weighted by atomic mass is 79.9. The quantitative estimate of drug-likeness (QED) is 0.757. The van der Waals surface area contributed by atoms with Crippen LogP contribution in [0.4, 0.5) is 0 Å². The summed E-state index contributed by atoms with van der Waals surface area (Å²) in [5.74, 6) is -0.893. The molecular weight excluding hydrogens is 370 g/mol. The van der Waals surface area contributed by atoms with E-state index in [2.05, 4.69) is 20.7 Å². The van der Waals surface area contributed by atoms with E-state index in [4.69, 9.17) is 16.7 Å². The predicted octanol–water partition coefficient (Wildman–Crippen LogP) is 3.02. The van der Waals surface area contributed by atoms with Gasteiger partial charge in [-0.2, -0.15) is 0 Å². The zero-order chi connectivity index (χ0) is 15.3. The molecule has 0 fully saturated rings. The lowest BCUT2D eigenvalue weighted by molar-refractivity contribution is -0.137.